The van der Waals surface area contributed by atoms with Crippen molar-refractivity contribution in [3.8, 4) is 0 Å². The number of pyridine rings is 1. The summed E-state index contributed by atoms with van der Waals surface area (Å²) in [5, 5.41) is 3.31. The van der Waals surface area contributed by atoms with Crippen molar-refractivity contribution in [3.05, 3.63) is 17.8 Å². The molecule has 0 bridgehead atoms. The third kappa shape index (κ3) is 5.57. The minimum atomic E-state index is 0.811. The first-order valence-electron chi connectivity index (χ1n) is 6.70. The Kier molecular flexibility index (Phi) is 6.45. The van der Waals surface area contributed by atoms with Crippen LogP contribution in [0.5, 0.6) is 0 Å². The molecule has 0 saturated carbocycles. The zero-order chi connectivity index (χ0) is 12.5. The summed E-state index contributed by atoms with van der Waals surface area (Å²) in [6.45, 7) is 5.20. The highest BCUT2D eigenvalue weighted by molar-refractivity contribution is 5.53. The molecule has 0 aliphatic heterocycles. The predicted octanol–water partition coefficient (Wildman–Crippen LogP) is 3.74. The molecule has 1 rings (SSSR count). The number of aromatic nitrogens is 1. The molecular weight excluding hydrogens is 210 g/mol. The summed E-state index contributed by atoms with van der Waals surface area (Å²) in [6.07, 6.45) is 9.71. The van der Waals surface area contributed by atoms with Gasteiger partial charge in [-0.05, 0) is 18.9 Å². The first-order chi connectivity index (χ1) is 8.24. The van der Waals surface area contributed by atoms with E-state index in [0.717, 1.165) is 23.6 Å². The van der Waals surface area contributed by atoms with Gasteiger partial charge in [-0.15, -0.1) is 0 Å². The van der Waals surface area contributed by atoms with Crippen LogP contribution < -0.4 is 11.1 Å². The Morgan fingerprint density at radius 2 is 1.88 bits per heavy atom. The summed E-state index contributed by atoms with van der Waals surface area (Å²) in [5.41, 5.74) is 7.67. The van der Waals surface area contributed by atoms with Gasteiger partial charge < -0.3 is 11.1 Å². The molecule has 0 aliphatic carbocycles. The normalized spacial score (nSPS) is 10.5. The standard InChI is InChI=1S/C14H25N3/c1-3-4-5-6-7-8-9-16-14-10-13(15)12(2)11-17-14/h10-11H,3-9H2,1-2H3,(H3,15,16,17). The second kappa shape index (κ2) is 7.93. The van der Waals surface area contributed by atoms with E-state index in [4.69, 9.17) is 5.73 Å². The SMILES string of the molecule is CCCCCCCCNc1cc(N)c(C)cn1. The summed E-state index contributed by atoms with van der Waals surface area (Å²) in [5.74, 6) is 0.890. The van der Waals surface area contributed by atoms with Crippen LogP contribution in [0, 0.1) is 6.92 Å². The summed E-state index contributed by atoms with van der Waals surface area (Å²) in [4.78, 5) is 4.30. The van der Waals surface area contributed by atoms with E-state index >= 15 is 0 Å². The number of hydrogen-bond acceptors (Lipinski definition) is 3. The fourth-order valence-electron chi connectivity index (χ4n) is 1.76. The molecule has 17 heavy (non-hydrogen) atoms. The number of unbranched alkanes of at least 4 members (excludes halogenated alkanes) is 5. The molecule has 3 nitrogen and oxygen atoms in total. The molecule has 0 aromatic carbocycles. The van der Waals surface area contributed by atoms with E-state index in [9.17, 15) is 0 Å². The number of nitrogens with zero attached hydrogens (tertiary/aromatic N) is 1. The maximum absolute atomic E-state index is 5.83. The molecule has 0 unspecified atom stereocenters. The molecule has 96 valence electrons. The number of aryl methyl sites for hydroxylation is 1. The Balaban J connectivity index is 2.11. The van der Waals surface area contributed by atoms with Crippen molar-refractivity contribution < 1.29 is 0 Å². The van der Waals surface area contributed by atoms with E-state index in [1.165, 1.54) is 38.5 Å². The molecule has 3 heteroatoms. The van der Waals surface area contributed by atoms with Gasteiger partial charge in [0.2, 0.25) is 0 Å². The van der Waals surface area contributed by atoms with Gasteiger partial charge in [-0.2, -0.15) is 0 Å². The van der Waals surface area contributed by atoms with E-state index in [-0.39, 0.29) is 0 Å². The fourth-order valence-corrected chi connectivity index (χ4v) is 1.76. The maximum atomic E-state index is 5.83. The maximum Gasteiger partial charge on any atom is 0.127 e. The summed E-state index contributed by atoms with van der Waals surface area (Å²) in [7, 11) is 0. The molecule has 1 aromatic rings. The second-order valence-electron chi connectivity index (χ2n) is 4.62. The van der Waals surface area contributed by atoms with Crippen molar-refractivity contribution in [3.63, 3.8) is 0 Å². The Bertz CT molecular complexity index is 323. The smallest absolute Gasteiger partial charge is 0.127 e. The lowest BCUT2D eigenvalue weighted by molar-refractivity contribution is 0.617. The molecule has 0 spiro atoms. The van der Waals surface area contributed by atoms with E-state index in [1.54, 1.807) is 0 Å². The third-order valence-electron chi connectivity index (χ3n) is 2.98. The van der Waals surface area contributed by atoms with Crippen LogP contribution >= 0.6 is 0 Å². The van der Waals surface area contributed by atoms with Gasteiger partial charge >= 0.3 is 0 Å². The van der Waals surface area contributed by atoms with Crippen LogP contribution in [0.2, 0.25) is 0 Å². The largest absolute Gasteiger partial charge is 0.398 e. The summed E-state index contributed by atoms with van der Waals surface area (Å²) < 4.78 is 0. The van der Waals surface area contributed by atoms with E-state index < -0.39 is 0 Å². The molecule has 1 aromatic heterocycles. The zero-order valence-corrected chi connectivity index (χ0v) is 11.1. The molecule has 1 heterocycles. The van der Waals surface area contributed by atoms with Gasteiger partial charge in [0, 0.05) is 24.5 Å². The highest BCUT2D eigenvalue weighted by Crippen LogP contribution is 2.13. The van der Waals surface area contributed by atoms with Crippen LogP contribution in [0.25, 0.3) is 0 Å². The van der Waals surface area contributed by atoms with Crippen LogP contribution in [-0.2, 0) is 0 Å². The van der Waals surface area contributed by atoms with Crippen LogP contribution in [0.15, 0.2) is 12.3 Å². The highest BCUT2D eigenvalue weighted by Gasteiger charge is 1.97. The molecule has 0 fully saturated rings. The van der Waals surface area contributed by atoms with Crippen molar-refractivity contribution in [1.82, 2.24) is 4.98 Å². The van der Waals surface area contributed by atoms with Gasteiger partial charge in [0.25, 0.3) is 0 Å². The van der Waals surface area contributed by atoms with Gasteiger partial charge in [0.15, 0.2) is 0 Å². The number of hydrogen-bond donors (Lipinski definition) is 2. The molecule has 3 N–H and O–H groups in total. The molecule has 0 amide bonds. The Hall–Kier alpha value is -1.25. The van der Waals surface area contributed by atoms with E-state index in [2.05, 4.69) is 17.2 Å². The lowest BCUT2D eigenvalue weighted by atomic mass is 10.1. The average molecular weight is 235 g/mol. The highest BCUT2D eigenvalue weighted by atomic mass is 15.0. The van der Waals surface area contributed by atoms with Gasteiger partial charge in [-0.1, -0.05) is 39.0 Å². The Morgan fingerprint density at radius 1 is 1.18 bits per heavy atom. The third-order valence-corrected chi connectivity index (χ3v) is 2.98. The summed E-state index contributed by atoms with van der Waals surface area (Å²) >= 11 is 0. The molecule has 0 aliphatic rings. The minimum Gasteiger partial charge on any atom is -0.398 e. The van der Waals surface area contributed by atoms with Crippen molar-refractivity contribution in [2.24, 2.45) is 0 Å². The Morgan fingerprint density at radius 3 is 2.59 bits per heavy atom. The van der Waals surface area contributed by atoms with Gasteiger partial charge in [-0.25, -0.2) is 4.98 Å². The van der Waals surface area contributed by atoms with Gasteiger partial charge in [0.05, 0.1) is 0 Å². The molecule has 0 radical (unpaired) electrons. The van der Waals surface area contributed by atoms with Gasteiger partial charge in [0.1, 0.15) is 5.82 Å². The lowest BCUT2D eigenvalue weighted by Crippen LogP contribution is -2.04. The van der Waals surface area contributed by atoms with Crippen molar-refractivity contribution >= 4 is 11.5 Å². The fraction of sp³-hybridized carbons (Fsp3) is 0.643. The van der Waals surface area contributed by atoms with Crippen LogP contribution in [0.1, 0.15) is 51.0 Å². The number of anilines is 2. The zero-order valence-electron chi connectivity index (χ0n) is 11.1. The number of nitrogens with one attached hydrogen (secondary N) is 1. The van der Waals surface area contributed by atoms with E-state index in [0.29, 0.717) is 0 Å². The van der Waals surface area contributed by atoms with Crippen molar-refractivity contribution in [2.45, 2.75) is 52.4 Å². The first kappa shape index (κ1) is 13.8. The minimum absolute atomic E-state index is 0.811. The van der Waals surface area contributed by atoms with Crippen molar-refractivity contribution in [1.29, 1.82) is 0 Å². The first-order valence-corrected chi connectivity index (χ1v) is 6.70. The van der Waals surface area contributed by atoms with Crippen LogP contribution in [-0.4, -0.2) is 11.5 Å². The lowest BCUT2D eigenvalue weighted by Gasteiger charge is -2.07. The van der Waals surface area contributed by atoms with Crippen LogP contribution in [0.4, 0.5) is 11.5 Å². The monoisotopic (exact) mass is 235 g/mol. The topological polar surface area (TPSA) is 50.9 Å². The molecule has 0 atom stereocenters. The number of nitrogen functional groups attached to an aromatic ring is 1. The Labute approximate surface area is 105 Å². The van der Waals surface area contributed by atoms with Crippen LogP contribution in [0.3, 0.4) is 0 Å². The summed E-state index contributed by atoms with van der Waals surface area (Å²) in [6, 6.07) is 1.91. The quantitative estimate of drug-likeness (QED) is 0.675. The van der Waals surface area contributed by atoms with Crippen molar-refractivity contribution in [2.75, 3.05) is 17.6 Å². The number of rotatable bonds is 8. The van der Waals surface area contributed by atoms with E-state index in [1.807, 2.05) is 19.2 Å². The predicted molar refractivity (Wildman–Crippen MR) is 75.3 cm³/mol. The molecule has 0 saturated heterocycles. The number of nitrogens with two attached hydrogens (primary N) is 1. The second-order valence-corrected chi connectivity index (χ2v) is 4.62. The molecular formula is C14H25N3. The average Bonchev–Trinajstić information content (AvgIpc) is 2.32. The van der Waals surface area contributed by atoms with Gasteiger partial charge in [-0.3, -0.25) is 0 Å².